The number of halogens is 6. The topological polar surface area (TPSA) is 77.1 Å². The molecule has 2 N–H and O–H groups in total. The summed E-state index contributed by atoms with van der Waals surface area (Å²) >= 11 is 1.00. The van der Waals surface area contributed by atoms with Crippen molar-refractivity contribution in [3.63, 3.8) is 0 Å². The molecular weight excluding hydrogens is 522 g/mol. The molecule has 0 radical (unpaired) electrons. The van der Waals surface area contributed by atoms with Crippen LogP contribution < -0.4 is 10.2 Å². The smallest absolute Gasteiger partial charge is 0.359 e. The van der Waals surface area contributed by atoms with E-state index in [9.17, 15) is 31.1 Å². The number of aromatic nitrogens is 3. The fourth-order valence-corrected chi connectivity index (χ4v) is 4.80. The van der Waals surface area contributed by atoms with Crippen LogP contribution in [0.1, 0.15) is 9.80 Å². The third kappa shape index (κ3) is 5.39. The van der Waals surface area contributed by atoms with Gasteiger partial charge in [-0.05, 0) is 12.1 Å². The minimum atomic E-state index is -4.29. The van der Waals surface area contributed by atoms with Crippen molar-refractivity contribution >= 4 is 39.7 Å². The molecule has 0 saturated carbocycles. The zero-order chi connectivity index (χ0) is 26.3. The van der Waals surface area contributed by atoms with Crippen LogP contribution in [0.3, 0.4) is 0 Å². The molecule has 0 aliphatic carbocycles. The van der Waals surface area contributed by atoms with Crippen LogP contribution >= 0.6 is 11.3 Å². The van der Waals surface area contributed by atoms with Crippen molar-refractivity contribution in [1.29, 1.82) is 0 Å². The quantitative estimate of drug-likeness (QED) is 0.347. The molecular formula is C23H18F6N6OS. The van der Waals surface area contributed by atoms with Crippen molar-refractivity contribution in [2.75, 3.05) is 42.9 Å². The maximum atomic E-state index is 14.9. The minimum Gasteiger partial charge on any atom is -0.359 e. The van der Waals surface area contributed by atoms with Gasteiger partial charge >= 0.3 is 6.18 Å². The van der Waals surface area contributed by atoms with Crippen molar-refractivity contribution in [3.8, 4) is 11.3 Å². The largest absolute Gasteiger partial charge is 0.401 e. The summed E-state index contributed by atoms with van der Waals surface area (Å²) < 4.78 is 79.6. The second kappa shape index (κ2) is 9.67. The molecule has 1 aromatic carbocycles. The molecule has 1 aliphatic heterocycles. The van der Waals surface area contributed by atoms with Gasteiger partial charge in [-0.1, -0.05) is 0 Å². The van der Waals surface area contributed by atoms with E-state index in [1.54, 1.807) is 10.3 Å². The molecule has 37 heavy (non-hydrogen) atoms. The number of rotatable bonds is 5. The summed E-state index contributed by atoms with van der Waals surface area (Å²) in [4.78, 5) is 26.6. The number of alkyl halides is 3. The van der Waals surface area contributed by atoms with Crippen molar-refractivity contribution in [1.82, 2.24) is 19.9 Å². The average molecular weight is 540 g/mol. The van der Waals surface area contributed by atoms with E-state index in [2.05, 4.69) is 20.3 Å². The van der Waals surface area contributed by atoms with Crippen LogP contribution in [-0.4, -0.2) is 64.7 Å². The number of anilines is 2. The molecule has 1 amide bonds. The molecule has 7 nitrogen and oxygen atoms in total. The first-order valence-corrected chi connectivity index (χ1v) is 11.9. The van der Waals surface area contributed by atoms with Crippen LogP contribution in [-0.2, 0) is 0 Å². The highest BCUT2D eigenvalue weighted by atomic mass is 32.1. The Morgan fingerprint density at radius 1 is 1.05 bits per heavy atom. The number of benzene rings is 1. The van der Waals surface area contributed by atoms with Crippen LogP contribution in [0.4, 0.5) is 37.8 Å². The summed E-state index contributed by atoms with van der Waals surface area (Å²) in [6.07, 6.45) is -1.51. The number of amides is 1. The van der Waals surface area contributed by atoms with Crippen LogP contribution in [0.25, 0.3) is 22.2 Å². The summed E-state index contributed by atoms with van der Waals surface area (Å²) in [6.45, 7) is -0.351. The van der Waals surface area contributed by atoms with Gasteiger partial charge in [0.25, 0.3) is 5.91 Å². The lowest BCUT2D eigenvalue weighted by molar-refractivity contribution is -0.146. The van der Waals surface area contributed by atoms with E-state index in [4.69, 9.17) is 0 Å². The van der Waals surface area contributed by atoms with Crippen molar-refractivity contribution in [3.05, 3.63) is 58.4 Å². The number of piperazine rings is 1. The lowest BCUT2D eigenvalue weighted by atomic mass is 10.2. The summed E-state index contributed by atoms with van der Waals surface area (Å²) in [5.74, 6) is -3.29. The highest BCUT2D eigenvalue weighted by Crippen LogP contribution is 2.29. The van der Waals surface area contributed by atoms with E-state index in [1.165, 1.54) is 23.4 Å². The summed E-state index contributed by atoms with van der Waals surface area (Å²) in [6, 6.07) is 3.16. The fraction of sp³-hybridized carbons (Fsp3) is 0.261. The van der Waals surface area contributed by atoms with E-state index in [0.29, 0.717) is 16.8 Å². The Kier molecular flexibility index (Phi) is 6.54. The fourth-order valence-electron chi connectivity index (χ4n) is 4.08. The number of hydrogen-bond acceptors (Lipinski definition) is 6. The number of thiazole rings is 1. The summed E-state index contributed by atoms with van der Waals surface area (Å²) in [5.41, 5.74) is 1.16. The predicted octanol–water partition coefficient (Wildman–Crippen LogP) is 5.04. The summed E-state index contributed by atoms with van der Waals surface area (Å²) in [7, 11) is 0. The summed E-state index contributed by atoms with van der Waals surface area (Å²) in [5, 5.41) is 4.47. The van der Waals surface area contributed by atoms with Crippen molar-refractivity contribution in [2.45, 2.75) is 6.18 Å². The molecule has 3 aromatic heterocycles. The molecule has 0 bridgehead atoms. The van der Waals surface area contributed by atoms with Gasteiger partial charge in [-0.2, -0.15) is 13.2 Å². The van der Waals surface area contributed by atoms with E-state index in [-0.39, 0.29) is 48.1 Å². The van der Waals surface area contributed by atoms with Gasteiger partial charge in [-0.25, -0.2) is 23.1 Å². The first kappa shape index (κ1) is 25.0. The molecule has 4 heterocycles. The lowest BCUT2D eigenvalue weighted by Gasteiger charge is -2.35. The van der Waals surface area contributed by atoms with E-state index < -0.39 is 36.1 Å². The average Bonchev–Trinajstić information content (AvgIpc) is 3.47. The Labute approximate surface area is 209 Å². The van der Waals surface area contributed by atoms with Crippen molar-refractivity contribution < 1.29 is 31.1 Å². The van der Waals surface area contributed by atoms with Crippen LogP contribution in [0.5, 0.6) is 0 Å². The normalized spacial score (nSPS) is 14.9. The standard InChI is InChI=1S/C23H18F6N6OS/c24-14-6-13-17(7-15(14)25)30-9-18(13)32-21(36)22-33-19(10-37-22)12-5-16(26)20(31-8-12)35-3-1-34(2-4-35)11-23(27,28)29/h5-10,30H,1-4,11H2,(H,32,36). The highest BCUT2D eigenvalue weighted by molar-refractivity contribution is 7.12. The zero-order valence-electron chi connectivity index (χ0n) is 18.9. The number of carbonyl (C=O) groups is 1. The number of pyridine rings is 1. The lowest BCUT2D eigenvalue weighted by Crippen LogP contribution is -2.49. The maximum absolute atomic E-state index is 14.9. The molecule has 1 saturated heterocycles. The Morgan fingerprint density at radius 3 is 2.49 bits per heavy atom. The molecule has 5 rings (SSSR count). The van der Waals surface area contributed by atoms with E-state index in [0.717, 1.165) is 23.5 Å². The number of nitrogens with one attached hydrogen (secondary N) is 2. The van der Waals surface area contributed by atoms with Gasteiger partial charge in [0, 0.05) is 61.0 Å². The molecule has 0 unspecified atom stereocenters. The number of hydrogen-bond donors (Lipinski definition) is 2. The first-order chi connectivity index (χ1) is 17.6. The number of nitrogens with zero attached hydrogens (tertiary/aromatic N) is 4. The molecule has 1 aliphatic rings. The number of fused-ring (bicyclic) bond motifs is 1. The first-order valence-electron chi connectivity index (χ1n) is 11.0. The Balaban J connectivity index is 1.26. The molecule has 1 fully saturated rings. The SMILES string of the molecule is O=C(Nc1c[nH]c2cc(F)c(F)cc12)c1nc(-c2cnc(N3CCN(CC(F)(F)F)CC3)c(F)c2)cs1. The molecule has 194 valence electrons. The Morgan fingerprint density at radius 2 is 1.78 bits per heavy atom. The van der Waals surface area contributed by atoms with Gasteiger partial charge in [-0.3, -0.25) is 9.69 Å². The van der Waals surface area contributed by atoms with Crippen LogP contribution in [0, 0.1) is 17.5 Å². The Hall–Kier alpha value is -3.65. The molecule has 14 heteroatoms. The van der Waals surface area contributed by atoms with Gasteiger partial charge in [0.05, 0.1) is 23.4 Å². The zero-order valence-corrected chi connectivity index (χ0v) is 19.7. The highest BCUT2D eigenvalue weighted by Gasteiger charge is 2.32. The van der Waals surface area contributed by atoms with Gasteiger partial charge in [0.1, 0.15) is 0 Å². The number of aromatic amines is 1. The second-order valence-electron chi connectivity index (χ2n) is 8.41. The number of H-pyrrole nitrogens is 1. The van der Waals surface area contributed by atoms with E-state index >= 15 is 0 Å². The van der Waals surface area contributed by atoms with Crippen molar-refractivity contribution in [2.24, 2.45) is 0 Å². The third-order valence-electron chi connectivity index (χ3n) is 5.86. The second-order valence-corrected chi connectivity index (χ2v) is 9.27. The Bertz CT molecular complexity index is 1460. The molecule has 0 spiro atoms. The predicted molar refractivity (Wildman–Crippen MR) is 126 cm³/mol. The van der Waals surface area contributed by atoms with Crippen LogP contribution in [0.15, 0.2) is 36.0 Å². The molecule has 0 atom stereocenters. The van der Waals surface area contributed by atoms with Gasteiger partial charge < -0.3 is 15.2 Å². The van der Waals surface area contributed by atoms with Crippen LogP contribution in [0.2, 0.25) is 0 Å². The monoisotopic (exact) mass is 540 g/mol. The van der Waals surface area contributed by atoms with Gasteiger partial charge in [0.15, 0.2) is 28.3 Å². The number of carbonyl (C=O) groups excluding carboxylic acids is 1. The van der Waals surface area contributed by atoms with Gasteiger partial charge in [0.2, 0.25) is 0 Å². The van der Waals surface area contributed by atoms with Gasteiger partial charge in [-0.15, -0.1) is 11.3 Å². The minimum absolute atomic E-state index is 0.0339. The molecule has 4 aromatic rings. The van der Waals surface area contributed by atoms with E-state index in [1.807, 2.05) is 0 Å². The maximum Gasteiger partial charge on any atom is 0.401 e. The third-order valence-corrected chi connectivity index (χ3v) is 6.70.